The Morgan fingerprint density at radius 3 is 2.39 bits per heavy atom. The lowest BCUT2D eigenvalue weighted by molar-refractivity contribution is -0.274. The van der Waals surface area contributed by atoms with Crippen molar-refractivity contribution in [3.05, 3.63) is 83.7 Å². The van der Waals surface area contributed by atoms with Gasteiger partial charge in [-0.3, -0.25) is 9.69 Å². The number of aliphatic imine (C=N–C) groups is 1. The van der Waals surface area contributed by atoms with Crippen molar-refractivity contribution in [1.82, 2.24) is 14.8 Å². The first-order valence-electron chi connectivity index (χ1n) is 13.0. The van der Waals surface area contributed by atoms with Crippen molar-refractivity contribution in [2.45, 2.75) is 33.1 Å². The third kappa shape index (κ3) is 6.72. The number of hydrogen-bond donors (Lipinski definition) is 1. The van der Waals surface area contributed by atoms with Gasteiger partial charge in [0.2, 0.25) is 5.91 Å². The molecule has 0 unspecified atom stereocenters. The van der Waals surface area contributed by atoms with Gasteiger partial charge in [-0.25, -0.2) is 23.2 Å². The number of amidine groups is 1. The lowest BCUT2D eigenvalue weighted by atomic mass is 9.99. The molecule has 15 heteroatoms. The van der Waals surface area contributed by atoms with E-state index in [0.29, 0.717) is 11.4 Å². The molecule has 1 aromatic heterocycles. The molecule has 0 aliphatic carbocycles. The zero-order chi connectivity index (χ0) is 31.8. The van der Waals surface area contributed by atoms with Crippen LogP contribution in [0.4, 0.5) is 38.1 Å². The van der Waals surface area contributed by atoms with E-state index in [1.165, 1.54) is 28.0 Å². The number of alkyl halides is 3. The fourth-order valence-electron chi connectivity index (χ4n) is 4.38. The summed E-state index contributed by atoms with van der Waals surface area (Å²) in [6.07, 6.45) is -3.63. The van der Waals surface area contributed by atoms with Crippen LogP contribution < -0.4 is 15.0 Å². The summed E-state index contributed by atoms with van der Waals surface area (Å²) in [5, 5.41) is 6.31. The molecule has 3 aromatic carbocycles. The Labute approximate surface area is 251 Å². The van der Waals surface area contributed by atoms with E-state index in [9.17, 15) is 22.8 Å². The number of aryl methyl sites for hydroxylation is 1. The summed E-state index contributed by atoms with van der Waals surface area (Å²) in [5.74, 6) is -2.96. The number of ether oxygens (including phenoxy) is 1. The largest absolute Gasteiger partial charge is 0.573 e. The van der Waals surface area contributed by atoms with E-state index in [2.05, 4.69) is 25.1 Å². The summed E-state index contributed by atoms with van der Waals surface area (Å²) in [4.78, 5) is 34.8. The Hall–Kier alpha value is -4.79. The van der Waals surface area contributed by atoms with Crippen LogP contribution in [-0.4, -0.2) is 44.0 Å². The smallest absolute Gasteiger partial charge is 0.406 e. The molecule has 2 heterocycles. The van der Waals surface area contributed by atoms with Gasteiger partial charge in [0.25, 0.3) is 0 Å². The molecule has 9 nitrogen and oxygen atoms in total. The quantitative estimate of drug-likeness (QED) is 0.226. The lowest BCUT2D eigenvalue weighted by Crippen LogP contribution is -2.31. The van der Waals surface area contributed by atoms with Crippen molar-refractivity contribution >= 4 is 40.2 Å². The Morgan fingerprint density at radius 1 is 1.07 bits per heavy atom. The second-order valence-corrected chi connectivity index (χ2v) is 10.9. The van der Waals surface area contributed by atoms with Crippen molar-refractivity contribution in [3.63, 3.8) is 0 Å². The first kappa shape index (κ1) is 30.7. The normalized spacial score (nSPS) is 14.5. The van der Waals surface area contributed by atoms with Crippen LogP contribution in [0.1, 0.15) is 30.9 Å². The number of halogens is 5. The standard InChI is InChI=1S/C29H23F5N6O3S/c1-15(2)20-9-4-16(3)10-23(20)40-24(41)13-44-28(40)37-27(42)36-25-21(30)11-17(12-22(25)31)26-35-14-39(38-26)18-5-7-19(8-6-18)43-29(32,33)34/h4-12,14-15H,13H2,1-3H3,(H,36,42)/b37-28-. The zero-order valence-corrected chi connectivity index (χ0v) is 24.1. The maximum Gasteiger partial charge on any atom is 0.573 e. The number of nitrogens with one attached hydrogen (secondary N) is 1. The van der Waals surface area contributed by atoms with Crippen molar-refractivity contribution < 1.29 is 36.3 Å². The highest BCUT2D eigenvalue weighted by molar-refractivity contribution is 8.15. The van der Waals surface area contributed by atoms with Crippen LogP contribution in [0.15, 0.2) is 65.9 Å². The molecule has 0 spiro atoms. The summed E-state index contributed by atoms with van der Waals surface area (Å²) in [5.41, 5.74) is 1.84. The van der Waals surface area contributed by atoms with Crippen LogP contribution >= 0.6 is 11.8 Å². The van der Waals surface area contributed by atoms with Gasteiger partial charge in [-0.05, 0) is 66.4 Å². The topological polar surface area (TPSA) is 102 Å². The van der Waals surface area contributed by atoms with Crippen molar-refractivity contribution in [1.29, 1.82) is 0 Å². The molecular weight excluding hydrogens is 607 g/mol. The van der Waals surface area contributed by atoms with Gasteiger partial charge in [0.15, 0.2) is 22.6 Å². The van der Waals surface area contributed by atoms with Crippen LogP contribution in [0.5, 0.6) is 5.75 Å². The zero-order valence-electron chi connectivity index (χ0n) is 23.3. The van der Waals surface area contributed by atoms with Crippen LogP contribution in [0.3, 0.4) is 0 Å². The number of aromatic nitrogens is 3. The fraction of sp³-hybridized carbons (Fsp3) is 0.207. The van der Waals surface area contributed by atoms with Crippen LogP contribution in [0.25, 0.3) is 17.1 Å². The number of urea groups is 1. The molecule has 4 aromatic rings. The second-order valence-electron chi connectivity index (χ2n) is 9.93. The van der Waals surface area contributed by atoms with E-state index in [0.717, 1.165) is 47.2 Å². The molecule has 3 amide bonds. The van der Waals surface area contributed by atoms with E-state index in [1.54, 1.807) is 0 Å². The summed E-state index contributed by atoms with van der Waals surface area (Å²) in [6, 6.07) is 11.1. The molecule has 1 saturated heterocycles. The second kappa shape index (κ2) is 12.1. The maximum absolute atomic E-state index is 15.0. The van der Waals surface area contributed by atoms with E-state index in [1.807, 2.05) is 39.0 Å². The highest BCUT2D eigenvalue weighted by Crippen LogP contribution is 2.34. The molecule has 1 aliphatic heterocycles. The number of rotatable bonds is 6. The van der Waals surface area contributed by atoms with Crippen molar-refractivity contribution in [3.8, 4) is 22.8 Å². The summed E-state index contributed by atoms with van der Waals surface area (Å²) >= 11 is 1.03. The Morgan fingerprint density at radius 2 is 1.75 bits per heavy atom. The van der Waals surface area contributed by atoms with Gasteiger partial charge in [-0.15, -0.1) is 18.3 Å². The molecule has 0 radical (unpaired) electrons. The first-order chi connectivity index (χ1) is 20.8. The minimum absolute atomic E-state index is 0.0418. The summed E-state index contributed by atoms with van der Waals surface area (Å²) < 4.78 is 72.3. The van der Waals surface area contributed by atoms with E-state index >= 15 is 8.78 Å². The summed E-state index contributed by atoms with van der Waals surface area (Å²) in [6.45, 7) is 5.80. The molecule has 1 N–H and O–H groups in total. The number of thioether (sulfide) groups is 1. The van der Waals surface area contributed by atoms with Gasteiger partial charge in [-0.1, -0.05) is 37.7 Å². The predicted molar refractivity (Wildman–Crippen MR) is 155 cm³/mol. The molecule has 1 aliphatic rings. The third-order valence-corrected chi connectivity index (χ3v) is 7.29. The van der Waals surface area contributed by atoms with Gasteiger partial charge in [0, 0.05) is 5.56 Å². The molecule has 228 valence electrons. The predicted octanol–water partition coefficient (Wildman–Crippen LogP) is 7.21. The molecule has 0 bridgehead atoms. The SMILES string of the molecule is Cc1ccc(C(C)C)c(N2C(=O)CS/C2=N\C(=O)Nc2c(F)cc(-c3ncn(-c4ccc(OC(F)(F)F)cc4)n3)cc2F)c1. The van der Waals surface area contributed by atoms with Crippen LogP contribution in [-0.2, 0) is 4.79 Å². The lowest BCUT2D eigenvalue weighted by Gasteiger charge is -2.22. The number of carbonyl (C=O) groups excluding carboxylic acids is 2. The fourth-order valence-corrected chi connectivity index (χ4v) is 5.24. The van der Waals surface area contributed by atoms with Crippen LogP contribution in [0.2, 0.25) is 0 Å². The number of carbonyl (C=O) groups is 2. The molecule has 0 saturated carbocycles. The third-order valence-electron chi connectivity index (χ3n) is 6.37. The number of hydrogen-bond acceptors (Lipinski definition) is 6. The Balaban J connectivity index is 1.34. The number of benzene rings is 3. The Kier molecular flexibility index (Phi) is 8.41. The van der Waals surface area contributed by atoms with Gasteiger partial charge in [0.1, 0.15) is 17.8 Å². The first-order valence-corrected chi connectivity index (χ1v) is 14.0. The monoisotopic (exact) mass is 630 g/mol. The number of amides is 3. The van der Waals surface area contributed by atoms with Gasteiger partial charge < -0.3 is 10.1 Å². The van der Waals surface area contributed by atoms with E-state index in [-0.39, 0.29) is 34.1 Å². The molecule has 5 rings (SSSR count). The van der Waals surface area contributed by atoms with Crippen molar-refractivity contribution in [2.75, 3.05) is 16.0 Å². The number of nitrogens with zero attached hydrogens (tertiary/aromatic N) is 5. The Bertz CT molecular complexity index is 1750. The molecular formula is C29H23F5N6O3S. The summed E-state index contributed by atoms with van der Waals surface area (Å²) in [7, 11) is 0. The van der Waals surface area contributed by atoms with E-state index < -0.39 is 35.5 Å². The van der Waals surface area contributed by atoms with Gasteiger partial charge in [-0.2, -0.15) is 4.99 Å². The minimum Gasteiger partial charge on any atom is -0.406 e. The van der Waals surface area contributed by atoms with E-state index in [4.69, 9.17) is 0 Å². The highest BCUT2D eigenvalue weighted by atomic mass is 32.2. The van der Waals surface area contributed by atoms with Crippen LogP contribution in [0, 0.1) is 18.6 Å². The highest BCUT2D eigenvalue weighted by Gasteiger charge is 2.33. The average molecular weight is 631 g/mol. The average Bonchev–Trinajstić information content (AvgIpc) is 3.57. The van der Waals surface area contributed by atoms with Gasteiger partial charge in [0.05, 0.1) is 17.1 Å². The molecule has 0 atom stereocenters. The maximum atomic E-state index is 15.0. The minimum atomic E-state index is -4.84. The number of anilines is 2. The van der Waals surface area contributed by atoms with Crippen molar-refractivity contribution in [2.24, 2.45) is 4.99 Å². The molecule has 1 fully saturated rings. The molecule has 44 heavy (non-hydrogen) atoms. The van der Waals surface area contributed by atoms with Gasteiger partial charge >= 0.3 is 12.4 Å².